The second-order valence-electron chi connectivity index (χ2n) is 4.52. The normalized spacial score (nSPS) is 9.64. The van der Waals surface area contributed by atoms with Gasteiger partial charge in [-0.2, -0.15) is 5.26 Å². The fourth-order valence-corrected chi connectivity index (χ4v) is 1.88. The summed E-state index contributed by atoms with van der Waals surface area (Å²) >= 11 is 0. The van der Waals surface area contributed by atoms with Gasteiger partial charge in [0.25, 0.3) is 0 Å². The number of nitrogens with one attached hydrogen (secondary N) is 1. The van der Waals surface area contributed by atoms with Crippen LogP contribution in [-0.4, -0.2) is 13.0 Å². The number of hydrogen-bond acceptors (Lipinski definition) is 4. The van der Waals surface area contributed by atoms with E-state index in [-0.39, 0.29) is 12.3 Å². The van der Waals surface area contributed by atoms with Crippen molar-refractivity contribution in [3.05, 3.63) is 54.1 Å². The molecular formula is C17H16N2O3. The first-order chi connectivity index (χ1) is 10.7. The van der Waals surface area contributed by atoms with Gasteiger partial charge >= 0.3 is 0 Å². The third-order valence-electron chi connectivity index (χ3n) is 2.92. The highest BCUT2D eigenvalue weighted by molar-refractivity contribution is 5.92. The van der Waals surface area contributed by atoms with Crippen LogP contribution < -0.4 is 14.8 Å². The van der Waals surface area contributed by atoms with Gasteiger partial charge in [0.15, 0.2) is 11.5 Å². The molecule has 1 amide bonds. The van der Waals surface area contributed by atoms with Crippen LogP contribution in [0.15, 0.2) is 48.5 Å². The zero-order chi connectivity index (χ0) is 15.8. The van der Waals surface area contributed by atoms with E-state index in [0.29, 0.717) is 23.8 Å². The molecule has 22 heavy (non-hydrogen) atoms. The Morgan fingerprint density at radius 1 is 1.18 bits per heavy atom. The van der Waals surface area contributed by atoms with Crippen LogP contribution in [0, 0.1) is 11.3 Å². The molecule has 2 aromatic rings. The SMILES string of the molecule is COc1cc(NC(=O)CC#N)ccc1OCc1ccccc1. The van der Waals surface area contributed by atoms with E-state index in [9.17, 15) is 4.79 Å². The van der Waals surface area contributed by atoms with Crippen LogP contribution in [-0.2, 0) is 11.4 Å². The predicted molar refractivity (Wildman–Crippen MR) is 82.6 cm³/mol. The third-order valence-corrected chi connectivity index (χ3v) is 2.92. The molecule has 0 aliphatic rings. The summed E-state index contributed by atoms with van der Waals surface area (Å²) in [6.07, 6.45) is -0.186. The lowest BCUT2D eigenvalue weighted by molar-refractivity contribution is -0.115. The minimum absolute atomic E-state index is 0.186. The lowest BCUT2D eigenvalue weighted by Gasteiger charge is -2.12. The molecule has 0 aliphatic heterocycles. The molecule has 2 rings (SSSR count). The van der Waals surface area contributed by atoms with E-state index < -0.39 is 0 Å². The molecular weight excluding hydrogens is 280 g/mol. The molecule has 0 bridgehead atoms. The second kappa shape index (κ2) is 7.70. The summed E-state index contributed by atoms with van der Waals surface area (Å²) in [6.45, 7) is 0.428. The lowest BCUT2D eigenvalue weighted by atomic mass is 10.2. The Labute approximate surface area is 129 Å². The minimum atomic E-state index is -0.359. The molecule has 0 fully saturated rings. The van der Waals surface area contributed by atoms with E-state index in [2.05, 4.69) is 5.32 Å². The number of carbonyl (C=O) groups is 1. The topological polar surface area (TPSA) is 71.3 Å². The van der Waals surface area contributed by atoms with Crippen LogP contribution in [0.4, 0.5) is 5.69 Å². The van der Waals surface area contributed by atoms with Crippen LogP contribution in [0.3, 0.4) is 0 Å². The highest BCUT2D eigenvalue weighted by atomic mass is 16.5. The summed E-state index contributed by atoms with van der Waals surface area (Å²) in [5, 5.41) is 11.1. The molecule has 112 valence electrons. The number of benzene rings is 2. The molecule has 0 spiro atoms. The number of nitriles is 1. The van der Waals surface area contributed by atoms with Crippen LogP contribution in [0.25, 0.3) is 0 Å². The largest absolute Gasteiger partial charge is 0.493 e. The van der Waals surface area contributed by atoms with E-state index in [1.807, 2.05) is 30.3 Å². The standard InChI is InChI=1S/C17H16N2O3/c1-21-16-11-14(19-17(20)9-10-18)7-8-15(16)22-12-13-5-3-2-4-6-13/h2-8,11H,9,12H2,1H3,(H,19,20). The van der Waals surface area contributed by atoms with Crippen molar-refractivity contribution in [2.45, 2.75) is 13.0 Å². The average molecular weight is 296 g/mol. The fourth-order valence-electron chi connectivity index (χ4n) is 1.88. The van der Waals surface area contributed by atoms with Crippen LogP contribution in [0.1, 0.15) is 12.0 Å². The molecule has 5 heteroatoms. The first-order valence-electron chi connectivity index (χ1n) is 6.74. The predicted octanol–water partition coefficient (Wildman–Crippen LogP) is 3.13. The van der Waals surface area contributed by atoms with Gasteiger partial charge in [-0.05, 0) is 17.7 Å². The number of nitrogens with zero attached hydrogens (tertiary/aromatic N) is 1. The van der Waals surface area contributed by atoms with Gasteiger partial charge in [0, 0.05) is 11.8 Å². The first kappa shape index (κ1) is 15.4. The number of ether oxygens (including phenoxy) is 2. The van der Waals surface area contributed by atoms with Crippen LogP contribution in [0.2, 0.25) is 0 Å². The Kier molecular flexibility index (Phi) is 5.38. The molecule has 0 atom stereocenters. The van der Waals surface area contributed by atoms with E-state index in [0.717, 1.165) is 5.56 Å². The van der Waals surface area contributed by atoms with Gasteiger partial charge in [-0.25, -0.2) is 0 Å². The molecule has 2 aromatic carbocycles. The summed E-state index contributed by atoms with van der Waals surface area (Å²) in [7, 11) is 1.53. The van der Waals surface area contributed by atoms with Gasteiger partial charge in [-0.3, -0.25) is 4.79 Å². The molecule has 0 saturated carbocycles. The van der Waals surface area contributed by atoms with Crippen molar-refractivity contribution in [2.24, 2.45) is 0 Å². The van der Waals surface area contributed by atoms with Crippen molar-refractivity contribution in [2.75, 3.05) is 12.4 Å². The summed E-state index contributed by atoms with van der Waals surface area (Å²) in [5.41, 5.74) is 1.61. The number of methoxy groups -OCH3 is 1. The van der Waals surface area contributed by atoms with Crippen LogP contribution in [0.5, 0.6) is 11.5 Å². The van der Waals surface area contributed by atoms with Gasteiger partial charge in [-0.15, -0.1) is 0 Å². The number of anilines is 1. The zero-order valence-corrected chi connectivity index (χ0v) is 12.2. The maximum Gasteiger partial charge on any atom is 0.238 e. The lowest BCUT2D eigenvalue weighted by Crippen LogP contribution is -2.10. The molecule has 0 heterocycles. The summed E-state index contributed by atoms with van der Waals surface area (Å²) in [5.74, 6) is 0.748. The number of amides is 1. The minimum Gasteiger partial charge on any atom is -0.493 e. The van der Waals surface area contributed by atoms with Crippen molar-refractivity contribution in [3.8, 4) is 17.6 Å². The van der Waals surface area contributed by atoms with E-state index in [4.69, 9.17) is 14.7 Å². The van der Waals surface area contributed by atoms with Gasteiger partial charge in [-0.1, -0.05) is 30.3 Å². The van der Waals surface area contributed by atoms with Crippen molar-refractivity contribution in [1.29, 1.82) is 5.26 Å². The van der Waals surface area contributed by atoms with Crippen molar-refractivity contribution >= 4 is 11.6 Å². The summed E-state index contributed by atoms with van der Waals surface area (Å²) in [6, 6.07) is 16.7. The Bertz CT molecular complexity index is 678. The van der Waals surface area contributed by atoms with E-state index >= 15 is 0 Å². The van der Waals surface area contributed by atoms with Crippen molar-refractivity contribution in [1.82, 2.24) is 0 Å². The third kappa shape index (κ3) is 4.25. The highest BCUT2D eigenvalue weighted by Crippen LogP contribution is 2.30. The first-order valence-corrected chi connectivity index (χ1v) is 6.74. The Hall–Kier alpha value is -3.00. The highest BCUT2D eigenvalue weighted by Gasteiger charge is 2.08. The summed E-state index contributed by atoms with van der Waals surface area (Å²) in [4.78, 5) is 11.4. The molecule has 1 N–H and O–H groups in total. The average Bonchev–Trinajstić information content (AvgIpc) is 2.54. The number of rotatable bonds is 6. The smallest absolute Gasteiger partial charge is 0.238 e. The van der Waals surface area contributed by atoms with Crippen LogP contribution >= 0.6 is 0 Å². The number of hydrogen-bond donors (Lipinski definition) is 1. The van der Waals surface area contributed by atoms with E-state index in [1.165, 1.54) is 7.11 Å². The second-order valence-corrected chi connectivity index (χ2v) is 4.52. The van der Waals surface area contributed by atoms with Gasteiger partial charge in [0.1, 0.15) is 13.0 Å². The van der Waals surface area contributed by atoms with Gasteiger partial charge < -0.3 is 14.8 Å². The molecule has 5 nitrogen and oxygen atoms in total. The van der Waals surface area contributed by atoms with Crippen molar-refractivity contribution < 1.29 is 14.3 Å². The maximum atomic E-state index is 11.4. The monoisotopic (exact) mass is 296 g/mol. The Morgan fingerprint density at radius 2 is 1.95 bits per heavy atom. The van der Waals surface area contributed by atoms with E-state index in [1.54, 1.807) is 24.3 Å². The molecule has 0 radical (unpaired) electrons. The maximum absolute atomic E-state index is 11.4. The fraction of sp³-hybridized carbons (Fsp3) is 0.176. The molecule has 0 unspecified atom stereocenters. The number of carbonyl (C=O) groups excluding carboxylic acids is 1. The summed E-state index contributed by atoms with van der Waals surface area (Å²) < 4.78 is 11.0. The molecule has 0 saturated heterocycles. The van der Waals surface area contributed by atoms with Crippen molar-refractivity contribution in [3.63, 3.8) is 0 Å². The van der Waals surface area contributed by atoms with Gasteiger partial charge in [0.2, 0.25) is 5.91 Å². The Balaban J connectivity index is 2.06. The zero-order valence-electron chi connectivity index (χ0n) is 12.2. The Morgan fingerprint density at radius 3 is 2.64 bits per heavy atom. The molecule has 0 aliphatic carbocycles. The van der Waals surface area contributed by atoms with Gasteiger partial charge in [0.05, 0.1) is 13.2 Å². The molecule has 0 aromatic heterocycles. The quantitative estimate of drug-likeness (QED) is 0.889.